The summed E-state index contributed by atoms with van der Waals surface area (Å²) in [7, 11) is 1.61. The van der Waals surface area contributed by atoms with Crippen LogP contribution in [0.2, 0.25) is 0 Å². The number of hydrogen-bond acceptors (Lipinski definition) is 4. The molecule has 2 amide bonds. The Hall–Kier alpha value is -3.15. The molecule has 27 heavy (non-hydrogen) atoms. The molecule has 2 aromatic rings. The van der Waals surface area contributed by atoms with Crippen molar-refractivity contribution in [3.63, 3.8) is 0 Å². The predicted octanol–water partition coefficient (Wildman–Crippen LogP) is 2.63. The number of para-hydroxylation sites is 1. The van der Waals surface area contributed by atoms with Gasteiger partial charge in [0.05, 0.1) is 0 Å². The van der Waals surface area contributed by atoms with Gasteiger partial charge in [-0.1, -0.05) is 35.4 Å². The molecule has 6 nitrogen and oxygen atoms in total. The van der Waals surface area contributed by atoms with E-state index in [1.807, 2.05) is 38.1 Å². The highest BCUT2D eigenvalue weighted by Crippen LogP contribution is 2.13. The fourth-order valence-electron chi connectivity index (χ4n) is 2.70. The number of carbonyl (C=O) groups is 3. The molecule has 0 spiro atoms. The SMILES string of the molecule is Cc1cc(C)cc(C(=O)NCC(=O)O[C@H](C)C(=O)N(C)c2ccccc2)c1. The molecule has 0 bridgehead atoms. The number of anilines is 1. The van der Waals surface area contributed by atoms with Crippen molar-refractivity contribution in [1.82, 2.24) is 5.32 Å². The Bertz CT molecular complexity index is 813. The van der Waals surface area contributed by atoms with Gasteiger partial charge in [-0.2, -0.15) is 0 Å². The van der Waals surface area contributed by atoms with Crippen LogP contribution in [0.4, 0.5) is 5.69 Å². The lowest BCUT2D eigenvalue weighted by Gasteiger charge is -2.21. The van der Waals surface area contributed by atoms with Crippen molar-refractivity contribution in [2.24, 2.45) is 0 Å². The van der Waals surface area contributed by atoms with Crippen molar-refractivity contribution >= 4 is 23.5 Å². The first-order valence-corrected chi connectivity index (χ1v) is 8.66. The maximum absolute atomic E-state index is 12.4. The number of aryl methyl sites for hydroxylation is 2. The fourth-order valence-corrected chi connectivity index (χ4v) is 2.70. The average Bonchev–Trinajstić information content (AvgIpc) is 2.64. The molecule has 0 saturated carbocycles. The summed E-state index contributed by atoms with van der Waals surface area (Å²) in [5, 5.41) is 2.52. The second-order valence-electron chi connectivity index (χ2n) is 6.42. The zero-order valence-corrected chi connectivity index (χ0v) is 16.0. The monoisotopic (exact) mass is 368 g/mol. The van der Waals surface area contributed by atoms with Crippen LogP contribution >= 0.6 is 0 Å². The number of rotatable bonds is 6. The number of ether oxygens (including phenoxy) is 1. The molecule has 0 heterocycles. The van der Waals surface area contributed by atoms with Crippen LogP contribution in [-0.2, 0) is 14.3 Å². The van der Waals surface area contributed by atoms with Gasteiger partial charge < -0.3 is 15.0 Å². The van der Waals surface area contributed by atoms with E-state index in [1.165, 1.54) is 11.8 Å². The Kier molecular flexibility index (Phi) is 6.71. The largest absolute Gasteiger partial charge is 0.451 e. The van der Waals surface area contributed by atoms with Gasteiger partial charge in [0.2, 0.25) is 0 Å². The molecule has 142 valence electrons. The van der Waals surface area contributed by atoms with Crippen LogP contribution < -0.4 is 10.2 Å². The first-order valence-electron chi connectivity index (χ1n) is 8.66. The van der Waals surface area contributed by atoms with E-state index in [0.29, 0.717) is 11.3 Å². The lowest BCUT2D eigenvalue weighted by Crippen LogP contribution is -2.39. The van der Waals surface area contributed by atoms with Crippen LogP contribution in [-0.4, -0.2) is 37.5 Å². The van der Waals surface area contributed by atoms with E-state index >= 15 is 0 Å². The Morgan fingerprint density at radius 2 is 1.63 bits per heavy atom. The first-order chi connectivity index (χ1) is 12.8. The predicted molar refractivity (Wildman–Crippen MR) is 104 cm³/mol. The van der Waals surface area contributed by atoms with Crippen LogP contribution in [0.3, 0.4) is 0 Å². The molecule has 0 aliphatic rings. The number of nitrogens with zero attached hydrogens (tertiary/aromatic N) is 1. The molecule has 0 fully saturated rings. The maximum Gasteiger partial charge on any atom is 0.326 e. The third-order valence-corrected chi connectivity index (χ3v) is 4.01. The molecular weight excluding hydrogens is 344 g/mol. The summed E-state index contributed by atoms with van der Waals surface area (Å²) < 4.78 is 5.14. The molecule has 6 heteroatoms. The highest BCUT2D eigenvalue weighted by Gasteiger charge is 2.22. The van der Waals surface area contributed by atoms with Crippen molar-refractivity contribution in [2.75, 3.05) is 18.5 Å². The van der Waals surface area contributed by atoms with Gasteiger partial charge in [-0.25, -0.2) is 0 Å². The highest BCUT2D eigenvalue weighted by molar-refractivity contribution is 5.98. The smallest absolute Gasteiger partial charge is 0.326 e. The van der Waals surface area contributed by atoms with Crippen molar-refractivity contribution in [3.05, 3.63) is 65.2 Å². The number of carbonyl (C=O) groups excluding carboxylic acids is 3. The van der Waals surface area contributed by atoms with E-state index in [4.69, 9.17) is 4.74 Å². The van der Waals surface area contributed by atoms with Crippen LogP contribution in [0.1, 0.15) is 28.4 Å². The summed E-state index contributed by atoms with van der Waals surface area (Å²) in [4.78, 5) is 37.9. The fraction of sp³-hybridized carbons (Fsp3) is 0.286. The van der Waals surface area contributed by atoms with Gasteiger partial charge in [-0.3, -0.25) is 14.4 Å². The number of nitrogens with one attached hydrogen (secondary N) is 1. The molecule has 1 atom stereocenters. The first kappa shape index (κ1) is 20.2. The summed E-state index contributed by atoms with van der Waals surface area (Å²) >= 11 is 0. The number of hydrogen-bond donors (Lipinski definition) is 1. The van der Waals surface area contributed by atoms with E-state index in [9.17, 15) is 14.4 Å². The number of benzene rings is 2. The van der Waals surface area contributed by atoms with Crippen molar-refractivity contribution < 1.29 is 19.1 Å². The van der Waals surface area contributed by atoms with Gasteiger partial charge in [0.25, 0.3) is 11.8 Å². The molecule has 0 radical (unpaired) electrons. The summed E-state index contributed by atoms with van der Waals surface area (Å²) in [6.45, 7) is 4.99. The quantitative estimate of drug-likeness (QED) is 0.796. The number of esters is 1. The molecule has 2 rings (SSSR count). The summed E-state index contributed by atoms with van der Waals surface area (Å²) in [6, 6.07) is 14.5. The van der Waals surface area contributed by atoms with Gasteiger partial charge in [0.1, 0.15) is 6.54 Å². The van der Waals surface area contributed by atoms with Crippen molar-refractivity contribution in [1.29, 1.82) is 0 Å². The molecule has 0 aliphatic carbocycles. The van der Waals surface area contributed by atoms with Gasteiger partial charge in [-0.05, 0) is 45.0 Å². The Morgan fingerprint density at radius 3 is 2.22 bits per heavy atom. The van der Waals surface area contributed by atoms with E-state index in [2.05, 4.69) is 5.32 Å². The molecule has 0 aliphatic heterocycles. The minimum absolute atomic E-state index is 0.307. The van der Waals surface area contributed by atoms with Crippen molar-refractivity contribution in [2.45, 2.75) is 26.9 Å². The van der Waals surface area contributed by atoms with E-state index in [-0.39, 0.29) is 18.4 Å². The standard InChI is InChI=1S/C21H24N2O4/c1-14-10-15(2)12-17(11-14)20(25)22-13-19(24)27-16(3)21(26)23(4)18-8-6-5-7-9-18/h5-12,16H,13H2,1-4H3,(H,22,25)/t16-/m1/s1. The second kappa shape index (κ2) is 8.98. The molecule has 0 unspecified atom stereocenters. The molecule has 0 saturated heterocycles. The minimum atomic E-state index is -0.958. The topological polar surface area (TPSA) is 75.7 Å². The average molecular weight is 368 g/mol. The minimum Gasteiger partial charge on any atom is -0.451 e. The van der Waals surface area contributed by atoms with E-state index in [1.54, 1.807) is 31.3 Å². The van der Waals surface area contributed by atoms with Gasteiger partial charge in [0, 0.05) is 18.3 Å². The molecule has 2 aromatic carbocycles. The second-order valence-corrected chi connectivity index (χ2v) is 6.42. The maximum atomic E-state index is 12.4. The van der Waals surface area contributed by atoms with E-state index < -0.39 is 12.1 Å². The number of amides is 2. The molecule has 1 N–H and O–H groups in total. The third kappa shape index (κ3) is 5.67. The Labute approximate surface area is 159 Å². The lowest BCUT2D eigenvalue weighted by atomic mass is 10.1. The van der Waals surface area contributed by atoms with Gasteiger partial charge >= 0.3 is 5.97 Å². The zero-order valence-electron chi connectivity index (χ0n) is 16.0. The van der Waals surface area contributed by atoms with Gasteiger partial charge in [-0.15, -0.1) is 0 Å². The summed E-state index contributed by atoms with van der Waals surface area (Å²) in [5.74, 6) is -1.38. The van der Waals surface area contributed by atoms with Crippen LogP contribution in [0.15, 0.2) is 48.5 Å². The lowest BCUT2D eigenvalue weighted by molar-refractivity contribution is -0.152. The highest BCUT2D eigenvalue weighted by atomic mass is 16.5. The van der Waals surface area contributed by atoms with Crippen LogP contribution in [0.25, 0.3) is 0 Å². The van der Waals surface area contributed by atoms with Crippen molar-refractivity contribution in [3.8, 4) is 0 Å². The van der Waals surface area contributed by atoms with E-state index in [0.717, 1.165) is 11.1 Å². The molecular formula is C21H24N2O4. The van der Waals surface area contributed by atoms with Crippen LogP contribution in [0, 0.1) is 13.8 Å². The summed E-state index contributed by atoms with van der Waals surface area (Å²) in [5.41, 5.74) is 3.11. The number of likely N-dealkylation sites (N-methyl/N-ethyl adjacent to an activating group) is 1. The Balaban J connectivity index is 1.87. The Morgan fingerprint density at radius 1 is 1.04 bits per heavy atom. The molecule has 0 aromatic heterocycles. The van der Waals surface area contributed by atoms with Gasteiger partial charge in [0.15, 0.2) is 6.10 Å². The third-order valence-electron chi connectivity index (χ3n) is 4.01. The summed E-state index contributed by atoms with van der Waals surface area (Å²) in [6.07, 6.45) is -0.958. The van der Waals surface area contributed by atoms with Crippen LogP contribution in [0.5, 0.6) is 0 Å². The zero-order chi connectivity index (χ0) is 20.0. The normalized spacial score (nSPS) is 11.4.